The van der Waals surface area contributed by atoms with Gasteiger partial charge in [0.2, 0.25) is 5.89 Å². The molecule has 3 aromatic heterocycles. The molecule has 0 aliphatic rings. The van der Waals surface area contributed by atoms with Gasteiger partial charge in [-0.05, 0) is 42.0 Å². The smallest absolute Gasteiger partial charge is 0.340 e. The lowest BCUT2D eigenvalue weighted by Gasteiger charge is -2.10. The van der Waals surface area contributed by atoms with Crippen LogP contribution in [-0.4, -0.2) is 30.2 Å². The summed E-state index contributed by atoms with van der Waals surface area (Å²) in [6, 6.07) is 20.2. The van der Waals surface area contributed by atoms with E-state index in [-0.39, 0.29) is 11.6 Å². The predicted octanol–water partition coefficient (Wildman–Crippen LogP) is 3.78. The lowest BCUT2D eigenvalue weighted by atomic mass is 10.1. The van der Waals surface area contributed by atoms with E-state index >= 15 is 0 Å². The van der Waals surface area contributed by atoms with E-state index in [4.69, 9.17) is 4.52 Å². The Morgan fingerprint density at radius 3 is 2.76 bits per heavy atom. The normalized spacial score (nSPS) is 11.1. The lowest BCUT2D eigenvalue weighted by molar-refractivity contribution is 0.102. The number of thioether (sulfide) groups is 1. The van der Waals surface area contributed by atoms with Gasteiger partial charge in [-0.3, -0.25) is 9.20 Å². The number of anilines is 1. The van der Waals surface area contributed by atoms with E-state index < -0.39 is 0 Å². The van der Waals surface area contributed by atoms with E-state index in [1.807, 2.05) is 48.5 Å². The van der Waals surface area contributed by atoms with Gasteiger partial charge >= 0.3 is 5.69 Å². The molecule has 9 nitrogen and oxygen atoms in total. The molecule has 0 saturated heterocycles. The number of carbonyl (C=O) groups is 1. The number of rotatable bonds is 7. The number of hydrogen-bond donors (Lipinski definition) is 1. The highest BCUT2D eigenvalue weighted by Crippen LogP contribution is 2.26. The van der Waals surface area contributed by atoms with Crippen LogP contribution in [0.2, 0.25) is 0 Å². The lowest BCUT2D eigenvalue weighted by Crippen LogP contribution is -2.21. The van der Waals surface area contributed by atoms with Crippen LogP contribution < -0.4 is 11.0 Å². The van der Waals surface area contributed by atoms with Gasteiger partial charge in [-0.15, -0.1) is 16.9 Å². The number of nitrogens with zero attached hydrogens (tertiary/aromatic N) is 5. The number of carbonyl (C=O) groups excluding carboxylic acids is 1. The van der Waals surface area contributed by atoms with Gasteiger partial charge in [0, 0.05) is 23.7 Å². The molecule has 0 aliphatic carbocycles. The Morgan fingerprint density at radius 2 is 1.94 bits per heavy atom. The second-order valence-electron chi connectivity index (χ2n) is 7.54. The molecule has 10 heteroatoms. The largest absolute Gasteiger partial charge is 0.350 e. The molecule has 2 aromatic carbocycles. The number of fused-ring (bicyclic) bond motifs is 1. The Hall–Kier alpha value is -4.18. The summed E-state index contributed by atoms with van der Waals surface area (Å²) in [5, 5.41) is 11.2. The van der Waals surface area contributed by atoms with Crippen LogP contribution in [0.25, 0.3) is 5.65 Å². The molecule has 0 fully saturated rings. The molecule has 0 aliphatic heterocycles. The summed E-state index contributed by atoms with van der Waals surface area (Å²) in [5.74, 6) is 1.35. The van der Waals surface area contributed by atoms with E-state index in [1.54, 1.807) is 31.3 Å². The first kappa shape index (κ1) is 21.7. The fourth-order valence-corrected chi connectivity index (χ4v) is 4.41. The van der Waals surface area contributed by atoms with Crippen molar-refractivity contribution in [2.75, 3.05) is 5.32 Å². The maximum atomic E-state index is 13.0. The first-order valence-corrected chi connectivity index (χ1v) is 11.5. The van der Waals surface area contributed by atoms with Gasteiger partial charge in [0.25, 0.3) is 5.91 Å². The van der Waals surface area contributed by atoms with Crippen molar-refractivity contribution in [3.63, 3.8) is 0 Å². The van der Waals surface area contributed by atoms with E-state index in [1.165, 1.54) is 20.8 Å². The number of amides is 1. The van der Waals surface area contributed by atoms with Crippen LogP contribution >= 0.6 is 11.8 Å². The Balaban J connectivity index is 1.31. The maximum absolute atomic E-state index is 13.0. The summed E-state index contributed by atoms with van der Waals surface area (Å²) >= 11 is 1.47. The van der Waals surface area contributed by atoms with Crippen molar-refractivity contribution in [2.24, 2.45) is 0 Å². The third-order valence-electron chi connectivity index (χ3n) is 5.06. The van der Waals surface area contributed by atoms with Crippen LogP contribution in [0.15, 0.2) is 87.1 Å². The average Bonchev–Trinajstić information content (AvgIpc) is 3.41. The van der Waals surface area contributed by atoms with E-state index in [0.717, 1.165) is 10.5 Å². The number of pyridine rings is 1. The van der Waals surface area contributed by atoms with Crippen molar-refractivity contribution in [3.05, 3.63) is 106 Å². The molecule has 1 amide bonds. The number of benzene rings is 2. The Morgan fingerprint density at radius 1 is 1.09 bits per heavy atom. The third-order valence-corrected chi connectivity index (χ3v) is 6.13. The van der Waals surface area contributed by atoms with E-state index in [2.05, 4.69) is 20.6 Å². The van der Waals surface area contributed by atoms with Crippen molar-refractivity contribution >= 4 is 29.0 Å². The number of nitrogens with one attached hydrogen (secondary N) is 1. The molecule has 0 spiro atoms. The SMILES string of the molecule is Cc1nc(CSc2ccccc2C(=O)Nc2cccc(Cn3nc4ccccn4c3=O)c2)no1. The summed E-state index contributed by atoms with van der Waals surface area (Å²) < 4.78 is 7.91. The van der Waals surface area contributed by atoms with Gasteiger partial charge in [-0.2, -0.15) is 4.98 Å². The standard InChI is InChI=1S/C24H20N6O3S/c1-16-25-21(28-33-16)15-34-20-10-3-2-9-19(20)23(31)26-18-8-6-7-17(13-18)14-30-24(32)29-12-5-4-11-22(29)27-30/h2-13H,14-15H2,1H3,(H,26,31). The molecule has 0 radical (unpaired) electrons. The first-order valence-electron chi connectivity index (χ1n) is 10.5. The highest BCUT2D eigenvalue weighted by atomic mass is 32.2. The fraction of sp³-hybridized carbons (Fsp3) is 0.125. The van der Waals surface area contributed by atoms with Gasteiger partial charge in [0.05, 0.1) is 17.9 Å². The summed E-state index contributed by atoms with van der Waals surface area (Å²) in [4.78, 5) is 30.6. The van der Waals surface area contributed by atoms with Gasteiger partial charge in [0.15, 0.2) is 11.5 Å². The van der Waals surface area contributed by atoms with Crippen molar-refractivity contribution in [1.29, 1.82) is 0 Å². The highest BCUT2D eigenvalue weighted by Gasteiger charge is 2.14. The van der Waals surface area contributed by atoms with Crippen molar-refractivity contribution in [3.8, 4) is 0 Å². The Labute approximate surface area is 198 Å². The first-order chi connectivity index (χ1) is 16.6. The van der Waals surface area contributed by atoms with Crippen LogP contribution in [-0.2, 0) is 12.3 Å². The molecule has 0 saturated carbocycles. The maximum Gasteiger partial charge on any atom is 0.350 e. The molecule has 3 heterocycles. The Bertz CT molecular complexity index is 1540. The van der Waals surface area contributed by atoms with E-state index in [9.17, 15) is 9.59 Å². The molecular weight excluding hydrogens is 452 g/mol. The zero-order valence-corrected chi connectivity index (χ0v) is 19.0. The topological polar surface area (TPSA) is 107 Å². The van der Waals surface area contributed by atoms with Crippen LogP contribution in [0.4, 0.5) is 5.69 Å². The second-order valence-corrected chi connectivity index (χ2v) is 8.56. The van der Waals surface area contributed by atoms with Crippen LogP contribution in [0, 0.1) is 6.92 Å². The molecule has 1 N–H and O–H groups in total. The minimum atomic E-state index is -0.227. The minimum absolute atomic E-state index is 0.215. The Kier molecular flexibility index (Phi) is 5.96. The van der Waals surface area contributed by atoms with Crippen LogP contribution in [0.5, 0.6) is 0 Å². The molecule has 0 unspecified atom stereocenters. The van der Waals surface area contributed by atoms with Gasteiger partial charge < -0.3 is 9.84 Å². The monoisotopic (exact) mass is 472 g/mol. The molecule has 0 bridgehead atoms. The summed E-state index contributed by atoms with van der Waals surface area (Å²) in [7, 11) is 0. The van der Waals surface area contributed by atoms with Gasteiger partial charge in [-0.25, -0.2) is 9.48 Å². The van der Waals surface area contributed by atoms with Crippen LogP contribution in [0.3, 0.4) is 0 Å². The number of hydrogen-bond acceptors (Lipinski definition) is 7. The summed E-state index contributed by atoms with van der Waals surface area (Å²) in [6.45, 7) is 2.03. The zero-order valence-electron chi connectivity index (χ0n) is 18.2. The molecule has 5 rings (SSSR count). The van der Waals surface area contributed by atoms with Gasteiger partial charge in [0.1, 0.15) is 0 Å². The summed E-state index contributed by atoms with van der Waals surface area (Å²) in [6.07, 6.45) is 1.69. The second kappa shape index (κ2) is 9.36. The molecule has 5 aromatic rings. The van der Waals surface area contributed by atoms with Crippen molar-refractivity contribution in [2.45, 2.75) is 24.1 Å². The van der Waals surface area contributed by atoms with Crippen molar-refractivity contribution in [1.82, 2.24) is 24.3 Å². The zero-order chi connectivity index (χ0) is 23.5. The van der Waals surface area contributed by atoms with E-state index in [0.29, 0.717) is 40.9 Å². The van der Waals surface area contributed by atoms with Crippen molar-refractivity contribution < 1.29 is 9.32 Å². The molecular formula is C24H20N6O3S. The summed E-state index contributed by atoms with van der Waals surface area (Å²) in [5.41, 5.74) is 2.40. The highest BCUT2D eigenvalue weighted by molar-refractivity contribution is 7.98. The van der Waals surface area contributed by atoms with Crippen LogP contribution in [0.1, 0.15) is 27.6 Å². The van der Waals surface area contributed by atoms with Gasteiger partial charge in [-0.1, -0.05) is 35.5 Å². The average molecular weight is 473 g/mol. The number of aromatic nitrogens is 5. The minimum Gasteiger partial charge on any atom is -0.340 e. The molecule has 170 valence electrons. The third kappa shape index (κ3) is 4.62. The fourth-order valence-electron chi connectivity index (χ4n) is 3.51. The quantitative estimate of drug-likeness (QED) is 0.359. The number of aryl methyl sites for hydroxylation is 1. The molecule has 34 heavy (non-hydrogen) atoms. The predicted molar refractivity (Wildman–Crippen MR) is 128 cm³/mol. The molecule has 0 atom stereocenters.